The van der Waals surface area contributed by atoms with E-state index in [1.807, 2.05) is 0 Å². The number of hydrogen-bond donors (Lipinski definition) is 2. The van der Waals surface area contributed by atoms with Gasteiger partial charge in [0.25, 0.3) is 0 Å². The topological polar surface area (TPSA) is 81.4 Å². The van der Waals surface area contributed by atoms with Crippen LogP contribution in [-0.2, 0) is 14.8 Å². The molecule has 0 aliphatic carbocycles. The zero-order valence-electron chi connectivity index (χ0n) is 9.74. The fraction of sp³-hybridized carbons (Fsp3) is 0.400. The van der Waals surface area contributed by atoms with Gasteiger partial charge in [-0.05, 0) is 50.4 Å². The van der Waals surface area contributed by atoms with Crippen LogP contribution in [0.15, 0.2) is 26.0 Å². The third-order valence-corrected chi connectivity index (χ3v) is 4.93. The van der Waals surface area contributed by atoms with Crippen molar-refractivity contribution in [1.82, 2.24) is 4.72 Å². The maximum Gasteiger partial charge on any atom is 0.240 e. The highest BCUT2D eigenvalue weighted by atomic mass is 79.9. The lowest BCUT2D eigenvalue weighted by molar-refractivity contribution is 0.196. The van der Waals surface area contributed by atoms with Gasteiger partial charge < -0.3 is 10.5 Å². The second-order valence-corrected chi connectivity index (χ2v) is 7.02. The van der Waals surface area contributed by atoms with Crippen LogP contribution in [0.25, 0.3) is 0 Å². The maximum absolute atomic E-state index is 12.0. The van der Waals surface area contributed by atoms with E-state index in [2.05, 4.69) is 36.6 Å². The largest absolute Gasteiger partial charge is 0.397 e. The molecule has 18 heavy (non-hydrogen) atoms. The van der Waals surface area contributed by atoms with Gasteiger partial charge in [0, 0.05) is 29.2 Å². The number of nitrogens with one attached hydrogen (secondary N) is 1. The number of methoxy groups -OCH3 is 1. The molecule has 0 spiro atoms. The quantitative estimate of drug-likeness (QED) is 0.565. The molecule has 0 aliphatic rings. The van der Waals surface area contributed by atoms with Crippen LogP contribution in [0.2, 0.25) is 0 Å². The van der Waals surface area contributed by atoms with Gasteiger partial charge in [0.05, 0.1) is 10.6 Å². The van der Waals surface area contributed by atoms with Crippen LogP contribution in [0, 0.1) is 0 Å². The average Bonchev–Trinajstić information content (AvgIpc) is 2.31. The first-order valence-electron chi connectivity index (χ1n) is 5.11. The van der Waals surface area contributed by atoms with Gasteiger partial charge in [-0.3, -0.25) is 0 Å². The van der Waals surface area contributed by atoms with Crippen molar-refractivity contribution in [2.24, 2.45) is 0 Å². The van der Waals surface area contributed by atoms with E-state index >= 15 is 0 Å². The van der Waals surface area contributed by atoms with E-state index in [9.17, 15) is 8.42 Å². The van der Waals surface area contributed by atoms with Gasteiger partial charge in [-0.2, -0.15) is 0 Å². The van der Waals surface area contributed by atoms with Crippen LogP contribution in [0.5, 0.6) is 0 Å². The van der Waals surface area contributed by atoms with Gasteiger partial charge in [0.1, 0.15) is 0 Å². The van der Waals surface area contributed by atoms with Crippen molar-refractivity contribution in [2.75, 3.05) is 26.0 Å². The van der Waals surface area contributed by atoms with Crippen molar-refractivity contribution in [3.63, 3.8) is 0 Å². The monoisotopic (exact) mass is 400 g/mol. The van der Waals surface area contributed by atoms with E-state index in [1.54, 1.807) is 7.11 Å². The number of hydrogen-bond acceptors (Lipinski definition) is 4. The second kappa shape index (κ2) is 6.85. The molecule has 3 N–H and O–H groups in total. The molecule has 0 unspecified atom stereocenters. The molecular formula is C10H14Br2N2O3S. The minimum atomic E-state index is -3.52. The van der Waals surface area contributed by atoms with Crippen molar-refractivity contribution in [1.29, 1.82) is 0 Å². The Balaban J connectivity index is 2.85. The molecule has 0 radical (unpaired) electrons. The minimum absolute atomic E-state index is 0.160. The van der Waals surface area contributed by atoms with Crippen molar-refractivity contribution < 1.29 is 13.2 Å². The molecule has 0 saturated heterocycles. The Morgan fingerprint density at radius 1 is 1.33 bits per heavy atom. The molecule has 0 saturated carbocycles. The minimum Gasteiger partial charge on any atom is -0.397 e. The van der Waals surface area contributed by atoms with Crippen LogP contribution in [0.4, 0.5) is 5.69 Å². The molecule has 8 heteroatoms. The standard InChI is InChI=1S/C10H14Br2N2O3S/c1-17-4-2-3-14-18(15,16)7-5-8(11)10(13)9(12)6-7/h5-6,14H,2-4,13H2,1H3. The summed E-state index contributed by atoms with van der Waals surface area (Å²) in [5, 5.41) is 0. The normalized spacial score (nSPS) is 11.7. The molecule has 0 atom stereocenters. The molecule has 0 fully saturated rings. The van der Waals surface area contributed by atoms with Crippen LogP contribution >= 0.6 is 31.9 Å². The Morgan fingerprint density at radius 2 is 1.89 bits per heavy atom. The summed E-state index contributed by atoms with van der Waals surface area (Å²) < 4.78 is 32.4. The average molecular weight is 402 g/mol. The lowest BCUT2D eigenvalue weighted by Crippen LogP contribution is -2.25. The predicted octanol–water partition coefficient (Wildman–Crippen LogP) is 2.11. The van der Waals surface area contributed by atoms with Gasteiger partial charge in [0.15, 0.2) is 0 Å². The van der Waals surface area contributed by atoms with E-state index in [1.165, 1.54) is 12.1 Å². The number of nitrogens with two attached hydrogens (primary N) is 1. The SMILES string of the molecule is COCCCNS(=O)(=O)c1cc(Br)c(N)c(Br)c1. The van der Waals surface area contributed by atoms with Crippen LogP contribution in [0.3, 0.4) is 0 Å². The predicted molar refractivity (Wildman–Crippen MR) is 77.9 cm³/mol. The lowest BCUT2D eigenvalue weighted by Gasteiger charge is -2.09. The fourth-order valence-electron chi connectivity index (χ4n) is 1.22. The number of benzene rings is 1. The summed E-state index contributed by atoms with van der Waals surface area (Å²) in [5.74, 6) is 0. The number of anilines is 1. The first kappa shape index (κ1) is 15.9. The van der Waals surface area contributed by atoms with E-state index in [4.69, 9.17) is 10.5 Å². The van der Waals surface area contributed by atoms with Crippen LogP contribution in [-0.4, -0.2) is 28.7 Å². The Hall–Kier alpha value is -0.150. The molecule has 1 aromatic rings. The molecule has 0 amide bonds. The lowest BCUT2D eigenvalue weighted by atomic mass is 10.3. The number of rotatable bonds is 6. The number of nitrogen functional groups attached to an aromatic ring is 1. The van der Waals surface area contributed by atoms with Crippen LogP contribution < -0.4 is 10.5 Å². The third-order valence-electron chi connectivity index (χ3n) is 2.18. The fourth-order valence-corrected chi connectivity index (χ4v) is 3.84. The highest BCUT2D eigenvalue weighted by Crippen LogP contribution is 2.31. The van der Waals surface area contributed by atoms with Gasteiger partial charge in [0.2, 0.25) is 10.0 Å². The Bertz CT molecular complexity index is 497. The summed E-state index contributed by atoms with van der Waals surface area (Å²) in [5.41, 5.74) is 6.17. The van der Waals surface area contributed by atoms with Crippen LogP contribution in [0.1, 0.15) is 6.42 Å². The summed E-state index contributed by atoms with van der Waals surface area (Å²) in [7, 11) is -1.95. The van der Waals surface area contributed by atoms with E-state index in [-0.39, 0.29) is 4.90 Å². The zero-order valence-corrected chi connectivity index (χ0v) is 13.7. The summed E-state index contributed by atoms with van der Waals surface area (Å²) in [6, 6.07) is 2.94. The molecule has 0 aliphatic heterocycles. The number of halogens is 2. The zero-order chi connectivity index (χ0) is 13.8. The summed E-state index contributed by atoms with van der Waals surface area (Å²) in [4.78, 5) is 0.160. The number of ether oxygens (including phenoxy) is 1. The van der Waals surface area contributed by atoms with Crippen molar-refractivity contribution >= 4 is 47.6 Å². The Kier molecular flexibility index (Phi) is 6.06. The first-order chi connectivity index (χ1) is 8.38. The first-order valence-corrected chi connectivity index (χ1v) is 8.18. The maximum atomic E-state index is 12.0. The molecule has 5 nitrogen and oxygen atoms in total. The van der Waals surface area contributed by atoms with Crippen molar-refractivity contribution in [3.05, 3.63) is 21.1 Å². The third kappa shape index (κ3) is 4.20. The molecule has 0 bridgehead atoms. The van der Waals surface area contributed by atoms with E-state index in [0.29, 0.717) is 34.2 Å². The molecule has 1 rings (SSSR count). The molecule has 102 valence electrons. The second-order valence-electron chi connectivity index (χ2n) is 3.54. The molecule has 1 aromatic carbocycles. The number of sulfonamides is 1. The van der Waals surface area contributed by atoms with Gasteiger partial charge in [-0.25, -0.2) is 13.1 Å². The van der Waals surface area contributed by atoms with Crippen molar-refractivity contribution in [2.45, 2.75) is 11.3 Å². The molecular weight excluding hydrogens is 388 g/mol. The molecule has 0 aromatic heterocycles. The smallest absolute Gasteiger partial charge is 0.240 e. The summed E-state index contributed by atoms with van der Waals surface area (Å²) >= 11 is 6.43. The van der Waals surface area contributed by atoms with E-state index in [0.717, 1.165) is 0 Å². The van der Waals surface area contributed by atoms with Gasteiger partial charge >= 0.3 is 0 Å². The van der Waals surface area contributed by atoms with Gasteiger partial charge in [-0.15, -0.1) is 0 Å². The van der Waals surface area contributed by atoms with Gasteiger partial charge in [-0.1, -0.05) is 0 Å². The Labute approximate surface area is 123 Å². The van der Waals surface area contributed by atoms with E-state index < -0.39 is 10.0 Å². The summed E-state index contributed by atoms with van der Waals surface area (Å²) in [6.07, 6.45) is 0.618. The highest BCUT2D eigenvalue weighted by molar-refractivity contribution is 9.11. The van der Waals surface area contributed by atoms with Crippen molar-refractivity contribution in [3.8, 4) is 0 Å². The summed E-state index contributed by atoms with van der Waals surface area (Å²) in [6.45, 7) is 0.841. The highest BCUT2D eigenvalue weighted by Gasteiger charge is 2.16. The molecule has 0 heterocycles. The Morgan fingerprint density at radius 3 is 2.39 bits per heavy atom.